The number of aryl methyl sites for hydroxylation is 2. The Bertz CT molecular complexity index is 919. The third kappa shape index (κ3) is 3.03. The lowest BCUT2D eigenvalue weighted by atomic mass is 10.1. The molecule has 0 unspecified atom stereocenters. The van der Waals surface area contributed by atoms with E-state index in [0.717, 1.165) is 0 Å². The van der Waals surface area contributed by atoms with Gasteiger partial charge < -0.3 is 9.84 Å². The van der Waals surface area contributed by atoms with Crippen LogP contribution in [0.4, 0.5) is 14.5 Å². The Labute approximate surface area is 137 Å². The molecule has 6 heteroatoms. The number of nitrogens with one attached hydrogen (secondary N) is 1. The van der Waals surface area contributed by atoms with Crippen molar-refractivity contribution in [2.45, 2.75) is 13.8 Å². The fraction of sp³-hybridized carbons (Fsp3) is 0.111. The summed E-state index contributed by atoms with van der Waals surface area (Å²) < 4.78 is 32.1. The third-order valence-corrected chi connectivity index (χ3v) is 3.62. The van der Waals surface area contributed by atoms with Crippen molar-refractivity contribution in [3.63, 3.8) is 0 Å². The van der Waals surface area contributed by atoms with E-state index in [2.05, 4.69) is 10.5 Å². The van der Waals surface area contributed by atoms with Crippen molar-refractivity contribution in [1.29, 1.82) is 0 Å². The minimum absolute atomic E-state index is 0.182. The van der Waals surface area contributed by atoms with Crippen molar-refractivity contribution in [3.8, 4) is 11.3 Å². The maximum absolute atomic E-state index is 13.6. The maximum Gasteiger partial charge on any atom is 0.261 e. The van der Waals surface area contributed by atoms with Crippen LogP contribution < -0.4 is 5.32 Å². The second-order valence-corrected chi connectivity index (χ2v) is 5.39. The molecule has 0 fully saturated rings. The topological polar surface area (TPSA) is 55.1 Å². The van der Waals surface area contributed by atoms with Crippen LogP contribution in [0.3, 0.4) is 0 Å². The fourth-order valence-electron chi connectivity index (χ4n) is 2.34. The van der Waals surface area contributed by atoms with Crippen LogP contribution in [0.1, 0.15) is 21.7 Å². The number of nitrogens with zero attached hydrogens (tertiary/aromatic N) is 1. The number of benzene rings is 2. The van der Waals surface area contributed by atoms with E-state index in [9.17, 15) is 13.6 Å². The summed E-state index contributed by atoms with van der Waals surface area (Å²) in [5, 5.41) is 6.45. The second-order valence-electron chi connectivity index (χ2n) is 5.39. The first-order chi connectivity index (χ1) is 11.5. The predicted molar refractivity (Wildman–Crippen MR) is 85.7 cm³/mol. The van der Waals surface area contributed by atoms with Crippen molar-refractivity contribution < 1.29 is 18.1 Å². The lowest BCUT2D eigenvalue weighted by molar-refractivity contribution is 0.102. The molecule has 0 bridgehead atoms. The lowest BCUT2D eigenvalue weighted by Gasteiger charge is -2.07. The molecule has 3 aromatic rings. The summed E-state index contributed by atoms with van der Waals surface area (Å²) in [5.74, 6) is -1.07. The van der Waals surface area contributed by atoms with Crippen LogP contribution in [-0.2, 0) is 0 Å². The summed E-state index contributed by atoms with van der Waals surface area (Å²) in [7, 11) is 0. The van der Waals surface area contributed by atoms with Gasteiger partial charge in [-0.3, -0.25) is 4.79 Å². The summed E-state index contributed by atoms with van der Waals surface area (Å²) in [6, 6.07) is 10.1. The van der Waals surface area contributed by atoms with E-state index in [1.165, 1.54) is 24.3 Å². The molecule has 0 saturated carbocycles. The van der Waals surface area contributed by atoms with E-state index < -0.39 is 17.5 Å². The molecule has 3 rings (SSSR count). The number of rotatable bonds is 3. The highest BCUT2D eigenvalue weighted by atomic mass is 19.1. The Hall–Kier alpha value is -3.02. The molecule has 0 saturated heterocycles. The second kappa shape index (κ2) is 6.23. The Morgan fingerprint density at radius 1 is 1.12 bits per heavy atom. The van der Waals surface area contributed by atoms with Gasteiger partial charge in [0.25, 0.3) is 5.91 Å². The van der Waals surface area contributed by atoms with Crippen LogP contribution in [0.15, 0.2) is 47.0 Å². The molecule has 0 aliphatic carbocycles. The van der Waals surface area contributed by atoms with Crippen LogP contribution in [0.25, 0.3) is 11.3 Å². The third-order valence-electron chi connectivity index (χ3n) is 3.62. The molecule has 2 aromatic carbocycles. The SMILES string of the molecule is Cc1ccc(NC(=O)c2c(-c3cccc(F)c3)noc2C)cc1F. The molecule has 1 aromatic heterocycles. The molecule has 1 heterocycles. The van der Waals surface area contributed by atoms with Gasteiger partial charge in [-0.1, -0.05) is 23.4 Å². The van der Waals surface area contributed by atoms with Gasteiger partial charge in [-0.25, -0.2) is 8.78 Å². The zero-order valence-corrected chi connectivity index (χ0v) is 13.1. The van der Waals surface area contributed by atoms with Gasteiger partial charge in [0.1, 0.15) is 28.7 Å². The predicted octanol–water partition coefficient (Wildman–Crippen LogP) is 4.49. The number of hydrogen-bond donors (Lipinski definition) is 1. The smallest absolute Gasteiger partial charge is 0.261 e. The van der Waals surface area contributed by atoms with Crippen LogP contribution in [0.2, 0.25) is 0 Å². The molecule has 24 heavy (non-hydrogen) atoms. The number of anilines is 1. The van der Waals surface area contributed by atoms with Gasteiger partial charge in [0.15, 0.2) is 0 Å². The monoisotopic (exact) mass is 328 g/mol. The summed E-state index contributed by atoms with van der Waals surface area (Å²) >= 11 is 0. The van der Waals surface area contributed by atoms with E-state index in [1.54, 1.807) is 32.0 Å². The Balaban J connectivity index is 1.95. The molecular formula is C18H14F2N2O2. The number of aromatic nitrogens is 1. The molecule has 0 spiro atoms. The number of amides is 1. The first-order valence-corrected chi connectivity index (χ1v) is 7.25. The Morgan fingerprint density at radius 3 is 2.62 bits per heavy atom. The summed E-state index contributed by atoms with van der Waals surface area (Å²) in [5.41, 5.74) is 1.63. The average molecular weight is 328 g/mol. The van der Waals surface area contributed by atoms with E-state index in [1.807, 2.05) is 0 Å². The molecular weight excluding hydrogens is 314 g/mol. The molecule has 122 valence electrons. The lowest BCUT2D eigenvalue weighted by Crippen LogP contribution is -2.13. The van der Waals surface area contributed by atoms with Crippen molar-refractivity contribution in [3.05, 3.63) is 71.0 Å². The molecule has 0 aliphatic heterocycles. The molecule has 0 radical (unpaired) electrons. The normalized spacial score (nSPS) is 10.7. The zero-order valence-electron chi connectivity index (χ0n) is 13.1. The molecule has 1 amide bonds. The van der Waals surface area contributed by atoms with Crippen molar-refractivity contribution >= 4 is 11.6 Å². The van der Waals surface area contributed by atoms with Crippen LogP contribution in [0, 0.1) is 25.5 Å². The Kier molecular flexibility index (Phi) is 4.12. The number of halogens is 2. The molecule has 4 nitrogen and oxygen atoms in total. The van der Waals surface area contributed by atoms with Gasteiger partial charge >= 0.3 is 0 Å². The molecule has 1 N–H and O–H groups in total. The van der Waals surface area contributed by atoms with Gasteiger partial charge in [-0.2, -0.15) is 0 Å². The van der Waals surface area contributed by atoms with Crippen molar-refractivity contribution in [1.82, 2.24) is 5.16 Å². The van der Waals surface area contributed by atoms with Crippen molar-refractivity contribution in [2.75, 3.05) is 5.32 Å². The number of carbonyl (C=O) groups is 1. The Morgan fingerprint density at radius 2 is 1.92 bits per heavy atom. The first kappa shape index (κ1) is 15.9. The highest BCUT2D eigenvalue weighted by Crippen LogP contribution is 2.27. The summed E-state index contributed by atoms with van der Waals surface area (Å²) in [6.07, 6.45) is 0. The first-order valence-electron chi connectivity index (χ1n) is 7.25. The van der Waals surface area contributed by atoms with Gasteiger partial charge in [-0.15, -0.1) is 0 Å². The van der Waals surface area contributed by atoms with Gasteiger partial charge in [0.2, 0.25) is 0 Å². The summed E-state index contributed by atoms with van der Waals surface area (Å²) in [6.45, 7) is 3.22. The van der Waals surface area contributed by atoms with Crippen LogP contribution in [-0.4, -0.2) is 11.1 Å². The van der Waals surface area contributed by atoms with Gasteiger partial charge in [-0.05, 0) is 43.7 Å². The van der Waals surface area contributed by atoms with Crippen LogP contribution >= 0.6 is 0 Å². The van der Waals surface area contributed by atoms with Crippen LogP contribution in [0.5, 0.6) is 0 Å². The van der Waals surface area contributed by atoms with Crippen molar-refractivity contribution in [2.24, 2.45) is 0 Å². The quantitative estimate of drug-likeness (QED) is 0.771. The maximum atomic E-state index is 13.6. The average Bonchev–Trinajstić information content (AvgIpc) is 2.93. The fourth-order valence-corrected chi connectivity index (χ4v) is 2.34. The van der Waals surface area contributed by atoms with E-state index in [-0.39, 0.29) is 11.3 Å². The minimum atomic E-state index is -0.503. The van der Waals surface area contributed by atoms with Gasteiger partial charge in [0.05, 0.1) is 0 Å². The van der Waals surface area contributed by atoms with E-state index in [4.69, 9.17) is 4.52 Å². The number of carbonyl (C=O) groups excluding carboxylic acids is 1. The molecule has 0 atom stereocenters. The van der Waals surface area contributed by atoms with E-state index >= 15 is 0 Å². The highest BCUT2D eigenvalue weighted by molar-refractivity contribution is 6.08. The minimum Gasteiger partial charge on any atom is -0.360 e. The van der Waals surface area contributed by atoms with Gasteiger partial charge in [0, 0.05) is 11.3 Å². The standard InChI is InChI=1S/C18H14F2N2O2/c1-10-6-7-14(9-15(10)20)21-18(23)16-11(2)24-22-17(16)12-4-3-5-13(19)8-12/h3-9H,1-2H3,(H,21,23). The largest absolute Gasteiger partial charge is 0.360 e. The highest BCUT2D eigenvalue weighted by Gasteiger charge is 2.22. The summed E-state index contributed by atoms with van der Waals surface area (Å²) in [4.78, 5) is 12.5. The van der Waals surface area contributed by atoms with E-state index in [0.29, 0.717) is 22.6 Å². The molecule has 0 aliphatic rings. The zero-order chi connectivity index (χ0) is 17.3. The number of hydrogen-bond acceptors (Lipinski definition) is 3.